The summed E-state index contributed by atoms with van der Waals surface area (Å²) < 4.78 is 4.83. The van der Waals surface area contributed by atoms with Gasteiger partial charge >= 0.3 is 5.97 Å². The molecular weight excluding hydrogens is 218 g/mol. The number of carbonyl (C=O) groups is 1. The molecule has 0 saturated carbocycles. The predicted octanol–water partition coefficient (Wildman–Crippen LogP) is 1.34. The van der Waals surface area contributed by atoms with Gasteiger partial charge in [-0.25, -0.2) is 4.98 Å². The van der Waals surface area contributed by atoms with Crippen molar-refractivity contribution in [2.24, 2.45) is 0 Å². The molecule has 0 atom stereocenters. The largest absolute Gasteiger partial charge is 0.466 e. The van der Waals surface area contributed by atoms with Gasteiger partial charge in [-0.2, -0.15) is 5.26 Å². The maximum atomic E-state index is 11.2. The molecule has 0 radical (unpaired) electrons. The minimum atomic E-state index is -0.226. The van der Waals surface area contributed by atoms with Crippen LogP contribution in [-0.4, -0.2) is 31.2 Å². The highest BCUT2D eigenvalue weighted by atomic mass is 16.5. The third-order valence-corrected chi connectivity index (χ3v) is 2.22. The van der Waals surface area contributed by atoms with Crippen LogP contribution >= 0.6 is 0 Å². The average molecular weight is 233 g/mol. The zero-order valence-electron chi connectivity index (χ0n) is 10.0. The summed E-state index contributed by atoms with van der Waals surface area (Å²) in [6.45, 7) is 2.69. The second kappa shape index (κ2) is 6.48. The molecule has 0 bridgehead atoms. The van der Waals surface area contributed by atoms with E-state index in [9.17, 15) is 4.79 Å². The van der Waals surface area contributed by atoms with Gasteiger partial charge in [-0.1, -0.05) is 0 Å². The summed E-state index contributed by atoms with van der Waals surface area (Å²) in [4.78, 5) is 17.1. The zero-order valence-corrected chi connectivity index (χ0v) is 10.0. The van der Waals surface area contributed by atoms with Crippen molar-refractivity contribution in [2.45, 2.75) is 13.3 Å². The molecule has 0 amide bonds. The second-order valence-corrected chi connectivity index (χ2v) is 3.49. The van der Waals surface area contributed by atoms with Gasteiger partial charge < -0.3 is 9.64 Å². The molecule has 1 aromatic rings. The lowest BCUT2D eigenvalue weighted by molar-refractivity contribution is -0.142. The molecule has 0 saturated heterocycles. The van der Waals surface area contributed by atoms with Crippen LogP contribution in [0, 0.1) is 11.3 Å². The first-order valence-corrected chi connectivity index (χ1v) is 5.40. The first-order chi connectivity index (χ1) is 8.17. The van der Waals surface area contributed by atoms with Crippen LogP contribution in [0.3, 0.4) is 0 Å². The Balaban J connectivity index is 2.55. The van der Waals surface area contributed by atoms with Gasteiger partial charge in [0.25, 0.3) is 0 Å². The van der Waals surface area contributed by atoms with Crippen LogP contribution in [0.5, 0.6) is 0 Å². The number of aromatic nitrogens is 1. The molecule has 5 nitrogen and oxygen atoms in total. The van der Waals surface area contributed by atoms with Gasteiger partial charge in [0.1, 0.15) is 5.82 Å². The molecule has 0 aliphatic heterocycles. The minimum Gasteiger partial charge on any atom is -0.466 e. The third kappa shape index (κ3) is 4.11. The fraction of sp³-hybridized carbons (Fsp3) is 0.417. The van der Waals surface area contributed by atoms with Crippen molar-refractivity contribution >= 4 is 11.8 Å². The molecule has 17 heavy (non-hydrogen) atoms. The number of pyridine rings is 1. The standard InChI is InChI=1S/C12H15N3O2/c1-3-17-12(16)5-7-15(2)11-8-10(9-13)4-6-14-11/h4,6,8H,3,5,7H2,1-2H3. The molecule has 0 aromatic carbocycles. The maximum Gasteiger partial charge on any atom is 0.307 e. The van der Waals surface area contributed by atoms with E-state index in [0.29, 0.717) is 31.0 Å². The van der Waals surface area contributed by atoms with E-state index in [1.165, 1.54) is 0 Å². The highest BCUT2D eigenvalue weighted by Gasteiger charge is 2.07. The van der Waals surface area contributed by atoms with Crippen LogP contribution < -0.4 is 4.90 Å². The van der Waals surface area contributed by atoms with Crippen LogP contribution in [0.15, 0.2) is 18.3 Å². The van der Waals surface area contributed by atoms with E-state index in [0.717, 1.165) is 0 Å². The van der Waals surface area contributed by atoms with Crippen molar-refractivity contribution < 1.29 is 9.53 Å². The van der Waals surface area contributed by atoms with Crippen LogP contribution in [0.1, 0.15) is 18.9 Å². The Labute approximate surface area is 101 Å². The topological polar surface area (TPSA) is 66.2 Å². The summed E-state index contributed by atoms with van der Waals surface area (Å²) in [7, 11) is 1.82. The molecule has 5 heteroatoms. The van der Waals surface area contributed by atoms with E-state index < -0.39 is 0 Å². The molecule has 1 rings (SSSR count). The van der Waals surface area contributed by atoms with E-state index >= 15 is 0 Å². The van der Waals surface area contributed by atoms with Gasteiger partial charge in [-0.15, -0.1) is 0 Å². The Kier molecular flexibility index (Phi) is 4.95. The first-order valence-electron chi connectivity index (χ1n) is 5.40. The minimum absolute atomic E-state index is 0.226. The van der Waals surface area contributed by atoms with E-state index in [1.807, 2.05) is 18.0 Å². The second-order valence-electron chi connectivity index (χ2n) is 3.49. The number of ether oxygens (including phenoxy) is 1. The van der Waals surface area contributed by atoms with E-state index in [4.69, 9.17) is 10.00 Å². The van der Waals surface area contributed by atoms with Crippen molar-refractivity contribution in [2.75, 3.05) is 25.1 Å². The molecule has 90 valence electrons. The fourth-order valence-corrected chi connectivity index (χ4v) is 1.30. The van der Waals surface area contributed by atoms with Gasteiger partial charge in [-0.3, -0.25) is 4.79 Å². The molecule has 0 N–H and O–H groups in total. The number of hydrogen-bond acceptors (Lipinski definition) is 5. The Morgan fingerprint density at radius 3 is 3.06 bits per heavy atom. The highest BCUT2D eigenvalue weighted by molar-refractivity contribution is 5.70. The smallest absolute Gasteiger partial charge is 0.307 e. The van der Waals surface area contributed by atoms with Crippen molar-refractivity contribution in [1.82, 2.24) is 4.98 Å². The highest BCUT2D eigenvalue weighted by Crippen LogP contribution is 2.10. The Bertz CT molecular complexity index is 426. The lowest BCUT2D eigenvalue weighted by Crippen LogP contribution is -2.22. The number of anilines is 1. The van der Waals surface area contributed by atoms with Crippen LogP contribution in [0.4, 0.5) is 5.82 Å². The summed E-state index contributed by atoms with van der Waals surface area (Å²) in [5.41, 5.74) is 0.554. The van der Waals surface area contributed by atoms with E-state index in [-0.39, 0.29) is 5.97 Å². The lowest BCUT2D eigenvalue weighted by Gasteiger charge is -2.17. The quantitative estimate of drug-likeness (QED) is 0.718. The summed E-state index contributed by atoms with van der Waals surface area (Å²) in [5, 5.41) is 8.76. The summed E-state index contributed by atoms with van der Waals surface area (Å²) in [6, 6.07) is 5.38. The third-order valence-electron chi connectivity index (χ3n) is 2.22. The van der Waals surface area contributed by atoms with Crippen LogP contribution in [0.25, 0.3) is 0 Å². The van der Waals surface area contributed by atoms with Gasteiger partial charge in [-0.05, 0) is 19.1 Å². The van der Waals surface area contributed by atoms with E-state index in [1.54, 1.807) is 25.3 Å². The van der Waals surface area contributed by atoms with Crippen molar-refractivity contribution in [3.05, 3.63) is 23.9 Å². The predicted molar refractivity (Wildman–Crippen MR) is 63.5 cm³/mol. The van der Waals surface area contributed by atoms with Crippen LogP contribution in [0.2, 0.25) is 0 Å². The number of rotatable bonds is 5. The zero-order chi connectivity index (χ0) is 12.7. The number of carbonyl (C=O) groups excluding carboxylic acids is 1. The van der Waals surface area contributed by atoms with Crippen LogP contribution in [-0.2, 0) is 9.53 Å². The fourth-order valence-electron chi connectivity index (χ4n) is 1.30. The molecule has 0 aliphatic rings. The Morgan fingerprint density at radius 2 is 2.41 bits per heavy atom. The maximum absolute atomic E-state index is 11.2. The number of hydrogen-bond donors (Lipinski definition) is 0. The molecule has 1 heterocycles. The number of nitriles is 1. The molecule has 0 spiro atoms. The van der Waals surface area contributed by atoms with Crippen molar-refractivity contribution in [3.63, 3.8) is 0 Å². The normalized spacial score (nSPS) is 9.47. The Hall–Kier alpha value is -2.09. The average Bonchev–Trinajstić information content (AvgIpc) is 2.36. The Morgan fingerprint density at radius 1 is 1.65 bits per heavy atom. The van der Waals surface area contributed by atoms with E-state index in [2.05, 4.69) is 4.98 Å². The first kappa shape index (κ1) is 13.0. The lowest BCUT2D eigenvalue weighted by atomic mass is 10.3. The number of nitrogens with zero attached hydrogens (tertiary/aromatic N) is 3. The molecule has 0 aliphatic carbocycles. The van der Waals surface area contributed by atoms with Gasteiger partial charge in [0.2, 0.25) is 0 Å². The molecule has 0 unspecified atom stereocenters. The molecule has 0 fully saturated rings. The molecule has 1 aromatic heterocycles. The van der Waals surface area contributed by atoms with Crippen molar-refractivity contribution in [1.29, 1.82) is 5.26 Å². The van der Waals surface area contributed by atoms with Crippen molar-refractivity contribution in [3.8, 4) is 6.07 Å². The van der Waals surface area contributed by atoms with Gasteiger partial charge in [0.15, 0.2) is 0 Å². The molecular formula is C12H15N3O2. The summed E-state index contributed by atoms with van der Waals surface area (Å²) in [6.07, 6.45) is 1.89. The monoisotopic (exact) mass is 233 g/mol. The summed E-state index contributed by atoms with van der Waals surface area (Å²) >= 11 is 0. The van der Waals surface area contributed by atoms with Gasteiger partial charge in [0, 0.05) is 19.8 Å². The number of esters is 1. The SMILES string of the molecule is CCOC(=O)CCN(C)c1cc(C#N)ccn1. The van der Waals surface area contributed by atoms with Gasteiger partial charge in [0.05, 0.1) is 24.7 Å². The summed E-state index contributed by atoms with van der Waals surface area (Å²) in [5.74, 6) is 0.448.